The molecule has 0 aromatic heterocycles. The molecule has 0 radical (unpaired) electrons. The molecule has 0 aliphatic heterocycles. The van der Waals surface area contributed by atoms with E-state index < -0.39 is 0 Å². The van der Waals surface area contributed by atoms with Gasteiger partial charge in [0.2, 0.25) is 5.91 Å². The molecule has 0 fully saturated rings. The second-order valence-corrected chi connectivity index (χ2v) is 5.92. The first-order valence-corrected chi connectivity index (χ1v) is 8.35. The maximum Gasteiger partial charge on any atom is 0.238 e. The fraction of sp³-hybridized carbons (Fsp3) is 0.562. The smallest absolute Gasteiger partial charge is 0.238 e. The number of hydrogen-bond donors (Lipinski definition) is 2. The summed E-state index contributed by atoms with van der Waals surface area (Å²) in [5.41, 5.74) is 1.98. The van der Waals surface area contributed by atoms with Crippen molar-refractivity contribution in [2.45, 2.75) is 27.2 Å². The fourth-order valence-electron chi connectivity index (χ4n) is 2.05. The Labute approximate surface area is 136 Å². The normalized spacial score (nSPS) is 10.9. The minimum Gasteiger partial charge on any atom is -0.325 e. The van der Waals surface area contributed by atoms with E-state index in [-0.39, 0.29) is 5.91 Å². The standard InChI is InChI=1S/C16H26BrN3O/c1-4-20(5-2)10-6-9-18-12-16(21)19-14-8-7-13(3)15(17)11-14/h7-8,11,18H,4-6,9-10,12H2,1-3H3,(H,19,21). The average Bonchev–Trinajstić information content (AvgIpc) is 2.47. The van der Waals surface area contributed by atoms with Crippen LogP contribution in [0.5, 0.6) is 0 Å². The molecule has 0 bridgehead atoms. The molecule has 21 heavy (non-hydrogen) atoms. The molecule has 0 spiro atoms. The summed E-state index contributed by atoms with van der Waals surface area (Å²) in [6, 6.07) is 5.82. The first-order valence-electron chi connectivity index (χ1n) is 7.55. The highest BCUT2D eigenvalue weighted by molar-refractivity contribution is 9.10. The van der Waals surface area contributed by atoms with E-state index in [1.807, 2.05) is 25.1 Å². The molecule has 0 unspecified atom stereocenters. The number of halogens is 1. The first-order chi connectivity index (χ1) is 10.1. The van der Waals surface area contributed by atoms with Crippen LogP contribution in [0.2, 0.25) is 0 Å². The largest absolute Gasteiger partial charge is 0.325 e. The number of carbonyl (C=O) groups excluding carboxylic acids is 1. The highest BCUT2D eigenvalue weighted by Gasteiger charge is 2.04. The lowest BCUT2D eigenvalue weighted by atomic mass is 10.2. The molecular weight excluding hydrogens is 330 g/mol. The SMILES string of the molecule is CCN(CC)CCCNCC(=O)Nc1ccc(C)c(Br)c1. The maximum atomic E-state index is 11.8. The van der Waals surface area contributed by atoms with Gasteiger partial charge in [0, 0.05) is 10.2 Å². The second-order valence-electron chi connectivity index (χ2n) is 5.07. The second kappa shape index (κ2) is 9.92. The van der Waals surface area contributed by atoms with Gasteiger partial charge in [0.1, 0.15) is 0 Å². The predicted octanol–water partition coefficient (Wildman–Crippen LogP) is 3.02. The Hall–Kier alpha value is -0.910. The van der Waals surface area contributed by atoms with Gasteiger partial charge < -0.3 is 15.5 Å². The highest BCUT2D eigenvalue weighted by Crippen LogP contribution is 2.20. The molecule has 0 saturated carbocycles. The van der Waals surface area contributed by atoms with Crippen LogP contribution in [0.25, 0.3) is 0 Å². The van der Waals surface area contributed by atoms with Gasteiger partial charge in [0.05, 0.1) is 6.54 Å². The Morgan fingerprint density at radius 3 is 2.62 bits per heavy atom. The van der Waals surface area contributed by atoms with Gasteiger partial charge >= 0.3 is 0 Å². The Morgan fingerprint density at radius 1 is 1.29 bits per heavy atom. The number of nitrogens with zero attached hydrogens (tertiary/aromatic N) is 1. The van der Waals surface area contributed by atoms with Crippen molar-refractivity contribution in [1.82, 2.24) is 10.2 Å². The van der Waals surface area contributed by atoms with Gasteiger partial charge in [-0.05, 0) is 57.2 Å². The topological polar surface area (TPSA) is 44.4 Å². The van der Waals surface area contributed by atoms with Crippen LogP contribution in [0.4, 0.5) is 5.69 Å². The van der Waals surface area contributed by atoms with Crippen molar-refractivity contribution in [1.29, 1.82) is 0 Å². The van der Waals surface area contributed by atoms with Gasteiger partial charge in [-0.25, -0.2) is 0 Å². The van der Waals surface area contributed by atoms with E-state index in [1.54, 1.807) is 0 Å². The van der Waals surface area contributed by atoms with E-state index in [4.69, 9.17) is 0 Å². The third kappa shape index (κ3) is 7.07. The summed E-state index contributed by atoms with van der Waals surface area (Å²) in [7, 11) is 0. The molecule has 1 rings (SSSR count). The van der Waals surface area contributed by atoms with Crippen molar-refractivity contribution in [2.75, 3.05) is 38.0 Å². The number of aryl methyl sites for hydroxylation is 1. The third-order valence-electron chi connectivity index (χ3n) is 3.46. The maximum absolute atomic E-state index is 11.8. The van der Waals surface area contributed by atoms with Crippen LogP contribution in [0.3, 0.4) is 0 Å². The molecule has 0 aliphatic carbocycles. The van der Waals surface area contributed by atoms with Crippen LogP contribution in [0.1, 0.15) is 25.8 Å². The van der Waals surface area contributed by atoms with Crippen LogP contribution >= 0.6 is 15.9 Å². The first kappa shape index (κ1) is 18.1. The van der Waals surface area contributed by atoms with Crippen LogP contribution in [-0.2, 0) is 4.79 Å². The van der Waals surface area contributed by atoms with E-state index in [1.165, 1.54) is 0 Å². The summed E-state index contributed by atoms with van der Waals surface area (Å²) in [6.45, 7) is 10.8. The van der Waals surface area contributed by atoms with Crippen molar-refractivity contribution < 1.29 is 4.79 Å². The molecule has 4 nitrogen and oxygen atoms in total. The van der Waals surface area contributed by atoms with E-state index in [9.17, 15) is 4.79 Å². The van der Waals surface area contributed by atoms with Crippen molar-refractivity contribution in [2.24, 2.45) is 0 Å². The Kier molecular flexibility index (Phi) is 8.57. The van der Waals surface area contributed by atoms with Crippen LogP contribution < -0.4 is 10.6 Å². The molecule has 1 amide bonds. The van der Waals surface area contributed by atoms with Crippen molar-refractivity contribution in [3.8, 4) is 0 Å². The average molecular weight is 356 g/mol. The number of benzene rings is 1. The van der Waals surface area contributed by atoms with E-state index >= 15 is 0 Å². The quantitative estimate of drug-likeness (QED) is 0.669. The van der Waals surface area contributed by atoms with Crippen molar-refractivity contribution in [3.63, 3.8) is 0 Å². The molecule has 118 valence electrons. The lowest BCUT2D eigenvalue weighted by Gasteiger charge is -2.17. The van der Waals surface area contributed by atoms with Gasteiger partial charge in [-0.2, -0.15) is 0 Å². The van der Waals surface area contributed by atoms with Gasteiger partial charge in [-0.3, -0.25) is 4.79 Å². The molecule has 1 aromatic rings. The van der Waals surface area contributed by atoms with E-state index in [0.717, 1.165) is 48.3 Å². The molecule has 1 aromatic carbocycles. The van der Waals surface area contributed by atoms with Crippen LogP contribution in [0, 0.1) is 6.92 Å². The van der Waals surface area contributed by atoms with Crippen molar-refractivity contribution >= 4 is 27.5 Å². The lowest BCUT2D eigenvalue weighted by Crippen LogP contribution is -2.31. The van der Waals surface area contributed by atoms with E-state index in [0.29, 0.717) is 6.54 Å². The number of amides is 1. The molecular formula is C16H26BrN3O. The number of nitrogens with one attached hydrogen (secondary N) is 2. The van der Waals surface area contributed by atoms with Gasteiger partial charge in [-0.1, -0.05) is 35.8 Å². The molecule has 0 aliphatic rings. The summed E-state index contributed by atoms with van der Waals surface area (Å²) in [5.74, 6) is -0.00593. The lowest BCUT2D eigenvalue weighted by molar-refractivity contribution is -0.115. The molecule has 0 heterocycles. The highest BCUT2D eigenvalue weighted by atomic mass is 79.9. The monoisotopic (exact) mass is 355 g/mol. The Bertz CT molecular complexity index is 447. The Morgan fingerprint density at radius 2 is 2.00 bits per heavy atom. The van der Waals surface area contributed by atoms with Gasteiger partial charge in [0.15, 0.2) is 0 Å². The summed E-state index contributed by atoms with van der Waals surface area (Å²) >= 11 is 3.46. The fourth-order valence-corrected chi connectivity index (χ4v) is 2.42. The van der Waals surface area contributed by atoms with Crippen molar-refractivity contribution in [3.05, 3.63) is 28.2 Å². The molecule has 5 heteroatoms. The number of rotatable bonds is 9. The van der Waals surface area contributed by atoms with Gasteiger partial charge in [-0.15, -0.1) is 0 Å². The van der Waals surface area contributed by atoms with Crippen LogP contribution in [-0.4, -0.2) is 43.5 Å². The zero-order valence-electron chi connectivity index (χ0n) is 13.2. The molecule has 0 atom stereocenters. The molecule has 2 N–H and O–H groups in total. The number of hydrogen-bond acceptors (Lipinski definition) is 3. The predicted molar refractivity (Wildman–Crippen MR) is 92.8 cm³/mol. The summed E-state index contributed by atoms with van der Waals surface area (Å²) in [4.78, 5) is 14.2. The zero-order valence-corrected chi connectivity index (χ0v) is 14.8. The Balaban J connectivity index is 2.21. The summed E-state index contributed by atoms with van der Waals surface area (Å²) < 4.78 is 1.01. The van der Waals surface area contributed by atoms with Gasteiger partial charge in [0.25, 0.3) is 0 Å². The minimum absolute atomic E-state index is 0.00593. The summed E-state index contributed by atoms with van der Waals surface area (Å²) in [5, 5.41) is 6.07. The minimum atomic E-state index is -0.00593. The zero-order chi connectivity index (χ0) is 15.7. The number of carbonyl (C=O) groups is 1. The summed E-state index contributed by atoms with van der Waals surface area (Å²) in [6.07, 6.45) is 1.06. The number of anilines is 1. The van der Waals surface area contributed by atoms with E-state index in [2.05, 4.69) is 45.3 Å². The third-order valence-corrected chi connectivity index (χ3v) is 4.32. The molecule has 0 saturated heterocycles. The van der Waals surface area contributed by atoms with Crippen LogP contribution in [0.15, 0.2) is 22.7 Å².